The molecule has 0 unspecified atom stereocenters. The molecule has 0 radical (unpaired) electrons. The van der Waals surface area contributed by atoms with Crippen LogP contribution in [0.5, 0.6) is 11.5 Å². The molecular formula is C20H16ClN3O4. The number of halogens is 1. The van der Waals surface area contributed by atoms with Gasteiger partial charge in [-0.1, -0.05) is 23.7 Å². The van der Waals surface area contributed by atoms with Gasteiger partial charge in [0.15, 0.2) is 17.2 Å². The first-order chi connectivity index (χ1) is 13.7. The maximum absolute atomic E-state index is 12.5. The fourth-order valence-corrected chi connectivity index (χ4v) is 3.50. The smallest absolute Gasteiger partial charge is 0.276 e. The summed E-state index contributed by atoms with van der Waals surface area (Å²) in [6, 6.07) is 14.5. The minimum Gasteiger partial charge on any atom is -0.454 e. The van der Waals surface area contributed by atoms with Crippen LogP contribution in [0.25, 0.3) is 0 Å². The van der Waals surface area contributed by atoms with E-state index >= 15 is 0 Å². The van der Waals surface area contributed by atoms with Crippen molar-refractivity contribution in [2.45, 2.75) is 19.3 Å². The molecule has 1 aromatic heterocycles. The molecule has 3 heterocycles. The molecule has 2 aliphatic rings. The van der Waals surface area contributed by atoms with Crippen molar-refractivity contribution in [2.75, 3.05) is 12.1 Å². The molecular weight excluding hydrogens is 382 g/mol. The number of aromatic nitrogens is 2. The van der Waals surface area contributed by atoms with Crippen molar-refractivity contribution < 1.29 is 19.0 Å². The topological polar surface area (TPSA) is 74.6 Å². The predicted molar refractivity (Wildman–Crippen MR) is 102 cm³/mol. The maximum Gasteiger partial charge on any atom is 0.276 e. The molecule has 3 aromatic rings. The Hall–Kier alpha value is -3.03. The number of carbonyl (C=O) groups is 1. The van der Waals surface area contributed by atoms with Crippen molar-refractivity contribution in [3.05, 3.63) is 70.5 Å². The van der Waals surface area contributed by atoms with Crippen LogP contribution in [0.4, 0.5) is 5.69 Å². The van der Waals surface area contributed by atoms with Gasteiger partial charge in [-0.25, -0.2) is 0 Å². The van der Waals surface area contributed by atoms with Crippen LogP contribution in [0, 0.1) is 0 Å². The van der Waals surface area contributed by atoms with E-state index in [2.05, 4.69) is 10.4 Å². The van der Waals surface area contributed by atoms with E-state index in [0.29, 0.717) is 35.3 Å². The van der Waals surface area contributed by atoms with Gasteiger partial charge in [-0.15, -0.1) is 0 Å². The molecule has 7 nitrogen and oxygen atoms in total. The molecule has 2 aliphatic heterocycles. The Balaban J connectivity index is 1.33. The Morgan fingerprint density at radius 2 is 2.04 bits per heavy atom. The summed E-state index contributed by atoms with van der Waals surface area (Å²) in [6.07, 6.45) is -0.175. The van der Waals surface area contributed by atoms with E-state index in [1.165, 1.54) is 0 Å². The minimum absolute atomic E-state index is 0.175. The van der Waals surface area contributed by atoms with E-state index in [0.717, 1.165) is 17.0 Å². The second kappa shape index (κ2) is 6.85. The summed E-state index contributed by atoms with van der Waals surface area (Å²) < 4.78 is 18.6. The van der Waals surface area contributed by atoms with Crippen LogP contribution in [-0.4, -0.2) is 22.5 Å². The first-order valence-electron chi connectivity index (χ1n) is 8.80. The van der Waals surface area contributed by atoms with Crippen molar-refractivity contribution in [3.8, 4) is 11.5 Å². The molecule has 0 saturated carbocycles. The van der Waals surface area contributed by atoms with Gasteiger partial charge in [0.25, 0.3) is 5.91 Å². The fourth-order valence-electron chi connectivity index (χ4n) is 3.31. The van der Waals surface area contributed by atoms with Crippen LogP contribution in [-0.2, 0) is 17.9 Å². The number of rotatable bonds is 3. The van der Waals surface area contributed by atoms with Crippen LogP contribution in [0.1, 0.15) is 27.8 Å². The molecule has 142 valence electrons. The van der Waals surface area contributed by atoms with Gasteiger partial charge in [0.1, 0.15) is 6.10 Å². The van der Waals surface area contributed by atoms with Crippen LogP contribution >= 0.6 is 11.6 Å². The molecule has 0 aliphatic carbocycles. The van der Waals surface area contributed by atoms with Crippen molar-refractivity contribution in [1.29, 1.82) is 0 Å². The Kier molecular flexibility index (Phi) is 4.18. The average Bonchev–Trinajstić information content (AvgIpc) is 3.33. The summed E-state index contributed by atoms with van der Waals surface area (Å²) in [5, 5.41) is 7.82. The summed E-state index contributed by atoms with van der Waals surface area (Å²) in [6.45, 7) is 1.12. The van der Waals surface area contributed by atoms with E-state index in [1.807, 2.05) is 22.9 Å². The largest absolute Gasteiger partial charge is 0.454 e. The van der Waals surface area contributed by atoms with E-state index in [1.54, 1.807) is 30.3 Å². The molecule has 2 aromatic carbocycles. The zero-order valence-corrected chi connectivity index (χ0v) is 15.5. The Labute approximate surface area is 165 Å². The molecule has 28 heavy (non-hydrogen) atoms. The number of nitrogens with zero attached hydrogens (tertiary/aromatic N) is 2. The second-order valence-corrected chi connectivity index (χ2v) is 7.02. The highest BCUT2D eigenvalue weighted by Gasteiger charge is 2.26. The molecule has 1 N–H and O–H groups in total. The molecule has 1 atom stereocenters. The lowest BCUT2D eigenvalue weighted by atomic mass is 10.1. The van der Waals surface area contributed by atoms with E-state index in [-0.39, 0.29) is 18.8 Å². The Bertz CT molecular complexity index is 1070. The van der Waals surface area contributed by atoms with E-state index in [4.69, 9.17) is 25.8 Å². The molecule has 0 spiro atoms. The first-order valence-corrected chi connectivity index (χ1v) is 9.18. The van der Waals surface area contributed by atoms with Gasteiger partial charge in [-0.2, -0.15) is 5.10 Å². The van der Waals surface area contributed by atoms with Gasteiger partial charge in [0, 0.05) is 10.7 Å². The van der Waals surface area contributed by atoms with Crippen LogP contribution in [0.3, 0.4) is 0 Å². The lowest BCUT2D eigenvalue weighted by Crippen LogP contribution is -2.22. The SMILES string of the molecule is O=C(Nc1cccc(Cl)c1)c1cc2n(n1)C[C@H](c1ccc3c(c1)OCO3)OC2. The summed E-state index contributed by atoms with van der Waals surface area (Å²) in [7, 11) is 0. The van der Waals surface area contributed by atoms with Gasteiger partial charge in [-0.05, 0) is 42.0 Å². The van der Waals surface area contributed by atoms with Crippen LogP contribution in [0.15, 0.2) is 48.5 Å². The normalized spacial score (nSPS) is 17.2. The van der Waals surface area contributed by atoms with E-state index < -0.39 is 0 Å². The number of benzene rings is 2. The number of amides is 1. The molecule has 0 bridgehead atoms. The number of hydrogen-bond acceptors (Lipinski definition) is 5. The highest BCUT2D eigenvalue weighted by Crippen LogP contribution is 2.36. The first kappa shape index (κ1) is 17.1. The standard InChI is InChI=1S/C20H16ClN3O4/c21-13-2-1-3-14(7-13)22-20(25)16-8-15-10-26-19(9-24(15)23-16)12-4-5-17-18(6-12)28-11-27-17/h1-8,19H,9-11H2,(H,22,25)/t19-/m1/s1. The van der Waals surface area contributed by atoms with Gasteiger partial charge in [0.05, 0.1) is 18.8 Å². The van der Waals surface area contributed by atoms with Crippen molar-refractivity contribution >= 4 is 23.2 Å². The third-order valence-corrected chi connectivity index (χ3v) is 4.95. The van der Waals surface area contributed by atoms with Gasteiger partial charge in [-0.3, -0.25) is 9.48 Å². The number of carbonyl (C=O) groups excluding carboxylic acids is 1. The quantitative estimate of drug-likeness (QED) is 0.727. The van der Waals surface area contributed by atoms with Crippen molar-refractivity contribution in [3.63, 3.8) is 0 Å². The third-order valence-electron chi connectivity index (χ3n) is 4.72. The lowest BCUT2D eigenvalue weighted by Gasteiger charge is -2.24. The second-order valence-electron chi connectivity index (χ2n) is 6.58. The molecule has 0 fully saturated rings. The highest BCUT2D eigenvalue weighted by molar-refractivity contribution is 6.30. The minimum atomic E-state index is -0.288. The lowest BCUT2D eigenvalue weighted by molar-refractivity contribution is -0.00127. The average molecular weight is 398 g/mol. The van der Waals surface area contributed by atoms with Gasteiger partial charge < -0.3 is 19.5 Å². The summed E-state index contributed by atoms with van der Waals surface area (Å²) in [4.78, 5) is 12.5. The van der Waals surface area contributed by atoms with Crippen molar-refractivity contribution in [2.24, 2.45) is 0 Å². The number of fused-ring (bicyclic) bond motifs is 2. The number of ether oxygens (including phenoxy) is 3. The maximum atomic E-state index is 12.5. The van der Waals surface area contributed by atoms with Crippen LogP contribution in [0.2, 0.25) is 5.02 Å². The number of hydrogen-bond donors (Lipinski definition) is 1. The monoisotopic (exact) mass is 397 g/mol. The molecule has 8 heteroatoms. The van der Waals surface area contributed by atoms with Gasteiger partial charge in [0.2, 0.25) is 6.79 Å². The summed E-state index contributed by atoms with van der Waals surface area (Å²) >= 11 is 5.96. The number of nitrogens with one attached hydrogen (secondary N) is 1. The van der Waals surface area contributed by atoms with E-state index in [9.17, 15) is 4.79 Å². The van der Waals surface area contributed by atoms with Crippen LogP contribution < -0.4 is 14.8 Å². The number of anilines is 1. The fraction of sp³-hybridized carbons (Fsp3) is 0.200. The third kappa shape index (κ3) is 3.19. The summed E-state index contributed by atoms with van der Waals surface area (Å²) in [5.41, 5.74) is 2.80. The summed E-state index contributed by atoms with van der Waals surface area (Å²) in [5.74, 6) is 1.16. The van der Waals surface area contributed by atoms with Crippen molar-refractivity contribution in [1.82, 2.24) is 9.78 Å². The zero-order chi connectivity index (χ0) is 19.1. The predicted octanol–water partition coefficient (Wildman–Crippen LogP) is 3.79. The Morgan fingerprint density at radius 1 is 1.14 bits per heavy atom. The zero-order valence-electron chi connectivity index (χ0n) is 14.7. The van der Waals surface area contributed by atoms with Gasteiger partial charge >= 0.3 is 0 Å². The molecule has 5 rings (SSSR count). The molecule has 0 saturated heterocycles. The molecule has 1 amide bonds. The highest BCUT2D eigenvalue weighted by atomic mass is 35.5. The Morgan fingerprint density at radius 3 is 2.93 bits per heavy atom.